The minimum absolute atomic E-state index is 0.0804. The lowest BCUT2D eigenvalue weighted by molar-refractivity contribution is -0.124. The number of esters is 1. The maximum Gasteiger partial charge on any atom is 0.339 e. The van der Waals surface area contributed by atoms with Crippen LogP contribution in [0.2, 0.25) is 0 Å². The number of amides is 1. The Morgan fingerprint density at radius 2 is 1.81 bits per heavy atom. The second kappa shape index (κ2) is 7.17. The number of fused-ring (bicyclic) bond motifs is 1. The first-order chi connectivity index (χ1) is 12.4. The minimum Gasteiger partial charge on any atom is -0.492 e. The number of nitrogens with one attached hydrogen (secondary N) is 1. The van der Waals surface area contributed by atoms with Gasteiger partial charge in [-0.05, 0) is 30.2 Å². The third-order valence-electron chi connectivity index (χ3n) is 4.07. The van der Waals surface area contributed by atoms with E-state index >= 15 is 0 Å². The van der Waals surface area contributed by atoms with Gasteiger partial charge in [0.15, 0.2) is 0 Å². The smallest absolute Gasteiger partial charge is 0.339 e. The van der Waals surface area contributed by atoms with Crippen molar-refractivity contribution in [3.8, 4) is 5.75 Å². The number of carbonyl (C=O) groups is 2. The minimum atomic E-state index is -4.23. The van der Waals surface area contributed by atoms with Gasteiger partial charge in [-0.15, -0.1) is 0 Å². The van der Waals surface area contributed by atoms with Crippen LogP contribution in [0, 0.1) is 5.92 Å². The molecule has 0 fully saturated rings. The van der Waals surface area contributed by atoms with Crippen LogP contribution in [0.15, 0.2) is 53.4 Å². The number of hydrogen-bond donors (Lipinski definition) is 1. The molecule has 1 N–H and O–H groups in total. The van der Waals surface area contributed by atoms with Gasteiger partial charge >= 0.3 is 5.97 Å². The predicted octanol–water partition coefficient (Wildman–Crippen LogP) is 1.53. The van der Waals surface area contributed by atoms with Gasteiger partial charge in [0.25, 0.3) is 10.0 Å². The summed E-state index contributed by atoms with van der Waals surface area (Å²) in [5.74, 6) is -1.44. The number of carbonyl (C=O) groups excluding carboxylic acids is 2. The molecule has 7 nitrogen and oxygen atoms in total. The second-order valence-corrected chi connectivity index (χ2v) is 7.43. The van der Waals surface area contributed by atoms with Crippen molar-refractivity contribution in [2.24, 2.45) is 5.92 Å². The van der Waals surface area contributed by atoms with Crippen molar-refractivity contribution in [3.05, 3.63) is 59.7 Å². The van der Waals surface area contributed by atoms with E-state index in [0.29, 0.717) is 12.2 Å². The van der Waals surface area contributed by atoms with Gasteiger partial charge in [0.2, 0.25) is 5.91 Å². The molecule has 1 aliphatic heterocycles. The molecule has 3 rings (SSSR count). The number of methoxy groups -OCH3 is 1. The fourth-order valence-corrected chi connectivity index (χ4v) is 3.99. The number of sulfonamides is 1. The van der Waals surface area contributed by atoms with E-state index < -0.39 is 27.8 Å². The molecule has 1 heterocycles. The molecular weight excluding hydrogens is 358 g/mol. The quantitative estimate of drug-likeness (QED) is 0.814. The average Bonchev–Trinajstić information content (AvgIpc) is 2.66. The SMILES string of the molecule is COC(=O)c1ccccc1S(=O)(=O)NC(=O)[C@H]1COc2ccccc2C1. The summed E-state index contributed by atoms with van der Waals surface area (Å²) in [7, 11) is -3.07. The Bertz CT molecular complexity index is 954. The number of hydrogen-bond acceptors (Lipinski definition) is 6. The maximum atomic E-state index is 12.6. The predicted molar refractivity (Wildman–Crippen MR) is 92.2 cm³/mol. The molecule has 0 aliphatic carbocycles. The molecule has 0 aromatic heterocycles. The summed E-state index contributed by atoms with van der Waals surface area (Å²) in [6.45, 7) is 0.0804. The van der Waals surface area contributed by atoms with Crippen LogP contribution in [-0.4, -0.2) is 34.0 Å². The first-order valence-electron chi connectivity index (χ1n) is 7.87. The van der Waals surface area contributed by atoms with E-state index in [-0.39, 0.29) is 17.1 Å². The summed E-state index contributed by atoms with van der Waals surface area (Å²) >= 11 is 0. The van der Waals surface area contributed by atoms with Gasteiger partial charge in [-0.2, -0.15) is 0 Å². The van der Waals surface area contributed by atoms with E-state index in [4.69, 9.17) is 4.74 Å². The van der Waals surface area contributed by atoms with Crippen molar-refractivity contribution in [1.29, 1.82) is 0 Å². The van der Waals surface area contributed by atoms with Gasteiger partial charge in [-0.1, -0.05) is 30.3 Å². The second-order valence-electron chi connectivity index (χ2n) is 5.78. The first kappa shape index (κ1) is 17.9. The summed E-state index contributed by atoms with van der Waals surface area (Å²) in [5.41, 5.74) is 0.701. The van der Waals surface area contributed by atoms with Crippen LogP contribution in [0.4, 0.5) is 0 Å². The molecule has 1 amide bonds. The van der Waals surface area contributed by atoms with Crippen LogP contribution in [0.25, 0.3) is 0 Å². The van der Waals surface area contributed by atoms with Crippen LogP contribution < -0.4 is 9.46 Å². The molecule has 0 saturated heterocycles. The van der Waals surface area contributed by atoms with Crippen LogP contribution >= 0.6 is 0 Å². The van der Waals surface area contributed by atoms with Crippen LogP contribution in [-0.2, 0) is 26.0 Å². The largest absolute Gasteiger partial charge is 0.492 e. The van der Waals surface area contributed by atoms with Crippen LogP contribution in [0.1, 0.15) is 15.9 Å². The summed E-state index contributed by atoms with van der Waals surface area (Å²) < 4.78 is 37.3. The van der Waals surface area contributed by atoms with Crippen molar-refractivity contribution in [2.45, 2.75) is 11.3 Å². The molecule has 2 aromatic rings. The van der Waals surface area contributed by atoms with Gasteiger partial charge in [-0.25, -0.2) is 17.9 Å². The topological polar surface area (TPSA) is 98.8 Å². The Morgan fingerprint density at radius 1 is 1.12 bits per heavy atom. The Morgan fingerprint density at radius 3 is 2.58 bits per heavy atom. The molecular formula is C18H17NO6S. The standard InChI is InChI=1S/C18H17NO6S/c1-24-18(21)14-7-3-5-9-16(14)26(22,23)19-17(20)13-10-12-6-2-4-8-15(12)25-11-13/h2-9,13H,10-11H2,1H3,(H,19,20)/t13-/m1/s1. The van der Waals surface area contributed by atoms with Gasteiger partial charge in [0.1, 0.15) is 17.3 Å². The number of rotatable bonds is 4. The van der Waals surface area contributed by atoms with E-state index in [1.807, 2.05) is 22.9 Å². The van der Waals surface area contributed by atoms with Crippen LogP contribution in [0.3, 0.4) is 0 Å². The first-order valence-corrected chi connectivity index (χ1v) is 9.35. The summed E-state index contributed by atoms with van der Waals surface area (Å²) in [5, 5.41) is 0. The highest BCUT2D eigenvalue weighted by Gasteiger charge is 2.31. The van der Waals surface area contributed by atoms with E-state index in [2.05, 4.69) is 4.74 Å². The monoisotopic (exact) mass is 375 g/mol. The van der Waals surface area contributed by atoms with Gasteiger partial charge in [-0.3, -0.25) is 4.79 Å². The third-order valence-corrected chi connectivity index (χ3v) is 5.47. The highest BCUT2D eigenvalue weighted by molar-refractivity contribution is 7.90. The molecule has 2 aromatic carbocycles. The van der Waals surface area contributed by atoms with Gasteiger partial charge < -0.3 is 9.47 Å². The normalized spacial score (nSPS) is 16.1. The van der Waals surface area contributed by atoms with Crippen molar-refractivity contribution in [1.82, 2.24) is 4.72 Å². The molecule has 0 unspecified atom stereocenters. The van der Waals surface area contributed by atoms with E-state index in [1.54, 1.807) is 6.07 Å². The van der Waals surface area contributed by atoms with Crippen molar-refractivity contribution < 1.29 is 27.5 Å². The van der Waals surface area contributed by atoms with Crippen molar-refractivity contribution in [3.63, 3.8) is 0 Å². The molecule has 26 heavy (non-hydrogen) atoms. The lowest BCUT2D eigenvalue weighted by Crippen LogP contribution is -2.40. The van der Waals surface area contributed by atoms with Crippen molar-refractivity contribution >= 4 is 21.9 Å². The molecule has 0 saturated carbocycles. The van der Waals surface area contributed by atoms with E-state index in [0.717, 1.165) is 12.7 Å². The summed E-state index contributed by atoms with van der Waals surface area (Å²) in [6.07, 6.45) is 0.371. The van der Waals surface area contributed by atoms with Gasteiger partial charge in [0, 0.05) is 0 Å². The van der Waals surface area contributed by atoms with Crippen LogP contribution in [0.5, 0.6) is 5.75 Å². The summed E-state index contributed by atoms with van der Waals surface area (Å²) in [6, 6.07) is 12.8. The van der Waals surface area contributed by atoms with Crippen molar-refractivity contribution in [2.75, 3.05) is 13.7 Å². The Labute approximate surface area is 151 Å². The zero-order chi connectivity index (χ0) is 18.7. The average molecular weight is 375 g/mol. The lowest BCUT2D eigenvalue weighted by atomic mass is 9.96. The lowest BCUT2D eigenvalue weighted by Gasteiger charge is -2.24. The number of ether oxygens (including phenoxy) is 2. The Hall–Kier alpha value is -2.87. The highest BCUT2D eigenvalue weighted by Crippen LogP contribution is 2.27. The zero-order valence-electron chi connectivity index (χ0n) is 14.0. The van der Waals surface area contributed by atoms with E-state index in [1.165, 1.54) is 24.3 Å². The Kier molecular flexibility index (Phi) is 4.94. The molecule has 8 heteroatoms. The maximum absolute atomic E-state index is 12.6. The molecule has 0 radical (unpaired) electrons. The van der Waals surface area contributed by atoms with E-state index in [9.17, 15) is 18.0 Å². The fraction of sp³-hybridized carbons (Fsp3) is 0.222. The molecule has 0 bridgehead atoms. The Balaban J connectivity index is 1.81. The summed E-state index contributed by atoms with van der Waals surface area (Å²) in [4.78, 5) is 23.9. The molecule has 0 spiro atoms. The molecule has 136 valence electrons. The number of para-hydroxylation sites is 1. The third kappa shape index (κ3) is 3.55. The van der Waals surface area contributed by atoms with Gasteiger partial charge in [0.05, 0.1) is 18.6 Å². The highest BCUT2D eigenvalue weighted by atomic mass is 32.2. The zero-order valence-corrected chi connectivity index (χ0v) is 14.8. The number of benzene rings is 2. The molecule has 1 aliphatic rings. The fourth-order valence-electron chi connectivity index (χ4n) is 2.75. The molecule has 1 atom stereocenters.